The molecule has 0 spiro atoms. The third-order valence-electron chi connectivity index (χ3n) is 4.91. The molecule has 150 valence electrons. The number of aromatic nitrogens is 2. The van der Waals surface area contributed by atoms with Gasteiger partial charge in [-0.2, -0.15) is 5.10 Å². The maximum absolute atomic E-state index is 12.2. The zero-order chi connectivity index (χ0) is 19.9. The Morgan fingerprint density at radius 1 is 1.25 bits per heavy atom. The van der Waals surface area contributed by atoms with Gasteiger partial charge in [0.1, 0.15) is 6.54 Å². The second kappa shape index (κ2) is 9.39. The van der Waals surface area contributed by atoms with Crippen LogP contribution in [0, 0.1) is 11.8 Å². The van der Waals surface area contributed by atoms with Crippen molar-refractivity contribution in [1.29, 1.82) is 0 Å². The molecule has 28 heavy (non-hydrogen) atoms. The number of hydrogen-bond donors (Lipinski definition) is 2. The van der Waals surface area contributed by atoms with E-state index in [0.717, 1.165) is 30.3 Å². The van der Waals surface area contributed by atoms with Crippen molar-refractivity contribution >= 4 is 17.6 Å². The molecule has 1 saturated heterocycles. The number of hydrogen-bond acceptors (Lipinski definition) is 3. The first-order valence-electron chi connectivity index (χ1n) is 9.85. The number of amides is 1. The fraction of sp³-hybridized carbons (Fsp3) is 0.476. The molecule has 1 aromatic heterocycles. The standard InChI is InChI=1S/C21H30N6O/c1-16-10-17(2)14-26(13-16)21(22-3)23-12-18-6-4-7-19(11-18)25-20(28)15-27-9-5-8-24-27/h4-9,11,16-17H,10,12-15H2,1-3H3,(H,22,23)(H,25,28). The van der Waals surface area contributed by atoms with Crippen LogP contribution in [0.15, 0.2) is 47.7 Å². The smallest absolute Gasteiger partial charge is 0.246 e. The van der Waals surface area contributed by atoms with Gasteiger partial charge >= 0.3 is 0 Å². The van der Waals surface area contributed by atoms with Gasteiger partial charge in [0.25, 0.3) is 0 Å². The summed E-state index contributed by atoms with van der Waals surface area (Å²) in [6.07, 6.45) is 4.71. The lowest BCUT2D eigenvalue weighted by molar-refractivity contribution is -0.116. The van der Waals surface area contributed by atoms with E-state index in [0.29, 0.717) is 18.4 Å². The van der Waals surface area contributed by atoms with Crippen LogP contribution < -0.4 is 10.6 Å². The van der Waals surface area contributed by atoms with Gasteiger partial charge in [-0.25, -0.2) is 0 Å². The number of carbonyl (C=O) groups is 1. The predicted molar refractivity (Wildman–Crippen MR) is 112 cm³/mol. The van der Waals surface area contributed by atoms with Gasteiger partial charge in [0, 0.05) is 44.8 Å². The number of likely N-dealkylation sites (tertiary alicyclic amines) is 1. The molecule has 7 heteroatoms. The van der Waals surface area contributed by atoms with Crippen LogP contribution in [0.25, 0.3) is 0 Å². The van der Waals surface area contributed by atoms with Gasteiger partial charge in [-0.1, -0.05) is 26.0 Å². The van der Waals surface area contributed by atoms with Gasteiger partial charge < -0.3 is 15.5 Å². The Kier molecular flexibility index (Phi) is 6.68. The van der Waals surface area contributed by atoms with E-state index in [1.54, 1.807) is 23.1 Å². The zero-order valence-corrected chi connectivity index (χ0v) is 16.9. The fourth-order valence-corrected chi connectivity index (χ4v) is 3.85. The molecule has 0 saturated carbocycles. The van der Waals surface area contributed by atoms with Gasteiger partial charge in [-0.15, -0.1) is 0 Å². The highest BCUT2D eigenvalue weighted by molar-refractivity contribution is 5.90. The maximum atomic E-state index is 12.2. The van der Waals surface area contributed by atoms with Crippen LogP contribution in [0.2, 0.25) is 0 Å². The Hall–Kier alpha value is -2.83. The van der Waals surface area contributed by atoms with Crippen molar-refractivity contribution in [2.75, 3.05) is 25.5 Å². The summed E-state index contributed by atoms with van der Waals surface area (Å²) in [6, 6.07) is 9.69. The van der Waals surface area contributed by atoms with Crippen molar-refractivity contribution < 1.29 is 4.79 Å². The molecule has 3 rings (SSSR count). The number of aliphatic imine (C=N–C) groups is 1. The van der Waals surface area contributed by atoms with Crippen LogP contribution in [0.4, 0.5) is 5.69 Å². The lowest BCUT2D eigenvalue weighted by Crippen LogP contribution is -2.48. The van der Waals surface area contributed by atoms with Crippen molar-refractivity contribution in [3.05, 3.63) is 48.3 Å². The van der Waals surface area contributed by atoms with E-state index >= 15 is 0 Å². The van der Waals surface area contributed by atoms with Crippen LogP contribution in [0.3, 0.4) is 0 Å². The average Bonchev–Trinajstić information content (AvgIpc) is 3.14. The molecule has 0 aliphatic carbocycles. The van der Waals surface area contributed by atoms with Crippen LogP contribution in [-0.2, 0) is 17.9 Å². The molecule has 1 aliphatic rings. The Balaban J connectivity index is 1.55. The Bertz CT molecular complexity index is 791. The Morgan fingerprint density at radius 3 is 2.71 bits per heavy atom. The molecule has 2 heterocycles. The molecular weight excluding hydrogens is 352 g/mol. The third-order valence-corrected chi connectivity index (χ3v) is 4.91. The van der Waals surface area contributed by atoms with Crippen LogP contribution in [0.5, 0.6) is 0 Å². The summed E-state index contributed by atoms with van der Waals surface area (Å²) < 4.78 is 1.60. The SMILES string of the molecule is CN=C(NCc1cccc(NC(=O)Cn2cccn2)c1)N1CC(C)CC(C)C1. The summed E-state index contributed by atoms with van der Waals surface area (Å²) >= 11 is 0. The van der Waals surface area contributed by atoms with Gasteiger partial charge in [0.15, 0.2) is 5.96 Å². The van der Waals surface area contributed by atoms with E-state index in [9.17, 15) is 4.79 Å². The monoisotopic (exact) mass is 382 g/mol. The van der Waals surface area contributed by atoms with Crippen LogP contribution in [-0.4, -0.2) is 46.7 Å². The molecular formula is C21H30N6O. The molecule has 2 aromatic rings. The predicted octanol–water partition coefficient (Wildman–Crippen LogP) is 2.58. The van der Waals surface area contributed by atoms with Crippen molar-refractivity contribution in [2.24, 2.45) is 16.8 Å². The van der Waals surface area contributed by atoms with E-state index in [1.165, 1.54) is 6.42 Å². The number of benzene rings is 1. The number of rotatable bonds is 5. The Morgan fingerprint density at radius 2 is 2.04 bits per heavy atom. The van der Waals surface area contributed by atoms with Crippen molar-refractivity contribution in [3.8, 4) is 0 Å². The van der Waals surface area contributed by atoms with Gasteiger partial charge in [0.05, 0.1) is 0 Å². The molecule has 2 atom stereocenters. The van der Waals surface area contributed by atoms with Gasteiger partial charge in [0.2, 0.25) is 5.91 Å². The molecule has 1 aliphatic heterocycles. The summed E-state index contributed by atoms with van der Waals surface area (Å²) in [4.78, 5) is 19.0. The van der Waals surface area contributed by atoms with Crippen molar-refractivity contribution in [3.63, 3.8) is 0 Å². The summed E-state index contributed by atoms with van der Waals surface area (Å²) in [5.74, 6) is 2.19. The largest absolute Gasteiger partial charge is 0.352 e. The van der Waals surface area contributed by atoms with E-state index in [-0.39, 0.29) is 12.5 Å². The molecule has 2 unspecified atom stereocenters. The van der Waals surface area contributed by atoms with E-state index < -0.39 is 0 Å². The zero-order valence-electron chi connectivity index (χ0n) is 16.9. The van der Waals surface area contributed by atoms with Crippen molar-refractivity contribution in [1.82, 2.24) is 20.0 Å². The lowest BCUT2D eigenvalue weighted by Gasteiger charge is -2.37. The van der Waals surface area contributed by atoms with Gasteiger partial charge in [-0.3, -0.25) is 14.5 Å². The molecule has 1 aromatic carbocycles. The lowest BCUT2D eigenvalue weighted by atomic mass is 9.92. The first-order valence-corrected chi connectivity index (χ1v) is 9.85. The van der Waals surface area contributed by atoms with E-state index in [1.807, 2.05) is 31.3 Å². The van der Waals surface area contributed by atoms with Gasteiger partial charge in [-0.05, 0) is 42.0 Å². The minimum absolute atomic E-state index is 0.0964. The van der Waals surface area contributed by atoms with Crippen LogP contribution in [0.1, 0.15) is 25.8 Å². The first kappa shape index (κ1) is 19.9. The number of carbonyl (C=O) groups excluding carboxylic acids is 1. The second-order valence-corrected chi connectivity index (χ2v) is 7.70. The Labute approximate surface area is 166 Å². The first-order chi connectivity index (χ1) is 13.5. The topological polar surface area (TPSA) is 74.5 Å². The molecule has 0 bridgehead atoms. The minimum Gasteiger partial charge on any atom is -0.352 e. The summed E-state index contributed by atoms with van der Waals surface area (Å²) in [5.41, 5.74) is 1.88. The fourth-order valence-electron chi connectivity index (χ4n) is 3.85. The number of anilines is 1. The molecule has 2 N–H and O–H groups in total. The maximum Gasteiger partial charge on any atom is 0.246 e. The third kappa shape index (κ3) is 5.58. The van der Waals surface area contributed by atoms with Crippen molar-refractivity contribution in [2.45, 2.75) is 33.4 Å². The minimum atomic E-state index is -0.0964. The molecule has 0 radical (unpaired) electrons. The summed E-state index contributed by atoms with van der Waals surface area (Å²) in [6.45, 7) is 7.53. The summed E-state index contributed by atoms with van der Waals surface area (Å²) in [7, 11) is 1.83. The quantitative estimate of drug-likeness (QED) is 0.616. The number of nitrogens with one attached hydrogen (secondary N) is 2. The highest BCUT2D eigenvalue weighted by atomic mass is 16.2. The van der Waals surface area contributed by atoms with E-state index in [2.05, 4.69) is 39.5 Å². The summed E-state index contributed by atoms with van der Waals surface area (Å²) in [5, 5.41) is 10.4. The highest BCUT2D eigenvalue weighted by Gasteiger charge is 2.23. The average molecular weight is 383 g/mol. The molecule has 7 nitrogen and oxygen atoms in total. The molecule has 1 fully saturated rings. The second-order valence-electron chi connectivity index (χ2n) is 7.70. The number of guanidine groups is 1. The number of nitrogens with zero attached hydrogens (tertiary/aromatic N) is 4. The molecule has 1 amide bonds. The highest BCUT2D eigenvalue weighted by Crippen LogP contribution is 2.21. The van der Waals surface area contributed by atoms with E-state index in [4.69, 9.17) is 0 Å². The number of piperidine rings is 1. The van der Waals surface area contributed by atoms with Crippen LogP contribution >= 0.6 is 0 Å². The normalized spacial score (nSPS) is 20.1.